The van der Waals surface area contributed by atoms with Crippen LogP contribution in [0.15, 0.2) is 48.5 Å². The minimum Gasteiger partial charge on any atom is -0.462 e. The number of benzene rings is 2. The molecule has 2 aromatic rings. The lowest BCUT2D eigenvalue weighted by molar-refractivity contribution is 0.0452. The molecule has 2 aromatic carbocycles. The van der Waals surface area contributed by atoms with Crippen LogP contribution in [0.2, 0.25) is 0 Å². The molecular weight excluding hydrogens is 464 g/mol. The number of carbonyl (C=O) groups excluding carboxylic acids is 4. The van der Waals surface area contributed by atoms with Gasteiger partial charge in [0.05, 0.1) is 48.7 Å². The molecule has 0 heterocycles. The predicted octanol–water partition coefficient (Wildman–Crippen LogP) is 5.64. The predicted molar refractivity (Wildman–Crippen MR) is 135 cm³/mol. The van der Waals surface area contributed by atoms with Crippen molar-refractivity contribution < 1.29 is 38.1 Å². The van der Waals surface area contributed by atoms with Crippen LogP contribution >= 0.6 is 0 Å². The van der Waals surface area contributed by atoms with E-state index in [1.54, 1.807) is 62.4 Å². The summed E-state index contributed by atoms with van der Waals surface area (Å²) in [4.78, 5) is 47.0. The zero-order valence-corrected chi connectivity index (χ0v) is 21.5. The van der Waals surface area contributed by atoms with Crippen molar-refractivity contribution >= 4 is 23.9 Å². The third-order valence-corrected chi connectivity index (χ3v) is 4.75. The third kappa shape index (κ3) is 10.3. The SMILES string of the molecule is CCCCOC(=O)c1ccccc1C(=O)OCCCC.CCOC(=O)c1ccccc1C(=O)OCC. The second-order valence-corrected chi connectivity index (χ2v) is 7.51. The van der Waals surface area contributed by atoms with E-state index in [2.05, 4.69) is 0 Å². The zero-order chi connectivity index (χ0) is 26.8. The summed E-state index contributed by atoms with van der Waals surface area (Å²) in [6.07, 6.45) is 3.53. The number of rotatable bonds is 12. The quantitative estimate of drug-likeness (QED) is 0.209. The topological polar surface area (TPSA) is 105 Å². The van der Waals surface area contributed by atoms with E-state index in [0.29, 0.717) is 13.2 Å². The van der Waals surface area contributed by atoms with Gasteiger partial charge in [0.2, 0.25) is 0 Å². The maximum absolute atomic E-state index is 11.9. The van der Waals surface area contributed by atoms with Crippen molar-refractivity contribution in [1.29, 1.82) is 0 Å². The van der Waals surface area contributed by atoms with Crippen molar-refractivity contribution in [3.63, 3.8) is 0 Å². The lowest BCUT2D eigenvalue weighted by atomic mass is 10.1. The minimum atomic E-state index is -0.508. The van der Waals surface area contributed by atoms with Crippen LogP contribution in [-0.4, -0.2) is 50.3 Å². The van der Waals surface area contributed by atoms with Gasteiger partial charge in [-0.3, -0.25) is 0 Å². The number of ether oxygens (including phenoxy) is 4. The van der Waals surface area contributed by atoms with Gasteiger partial charge in [0, 0.05) is 0 Å². The first-order valence-corrected chi connectivity index (χ1v) is 12.3. The number of hydrogen-bond acceptors (Lipinski definition) is 8. The van der Waals surface area contributed by atoms with Crippen LogP contribution in [0, 0.1) is 0 Å². The van der Waals surface area contributed by atoms with E-state index in [1.807, 2.05) is 13.8 Å². The Morgan fingerprint density at radius 3 is 1.03 bits per heavy atom. The van der Waals surface area contributed by atoms with Crippen molar-refractivity contribution in [3.05, 3.63) is 70.8 Å². The molecule has 36 heavy (non-hydrogen) atoms. The van der Waals surface area contributed by atoms with Crippen molar-refractivity contribution in [1.82, 2.24) is 0 Å². The molecule has 0 unspecified atom stereocenters. The molecule has 2 rings (SSSR count). The van der Waals surface area contributed by atoms with Crippen LogP contribution < -0.4 is 0 Å². The van der Waals surface area contributed by atoms with E-state index in [0.717, 1.165) is 25.7 Å². The summed E-state index contributed by atoms with van der Waals surface area (Å²) < 4.78 is 20.0. The van der Waals surface area contributed by atoms with E-state index in [9.17, 15) is 19.2 Å². The molecule has 0 N–H and O–H groups in total. The van der Waals surface area contributed by atoms with Crippen LogP contribution in [0.1, 0.15) is 94.8 Å². The Kier molecular flexibility index (Phi) is 14.9. The molecule has 8 heteroatoms. The molecule has 0 spiro atoms. The highest BCUT2D eigenvalue weighted by Crippen LogP contribution is 2.13. The first kappa shape index (κ1) is 30.4. The average molecular weight is 501 g/mol. The van der Waals surface area contributed by atoms with Crippen molar-refractivity contribution in [3.8, 4) is 0 Å². The van der Waals surface area contributed by atoms with Gasteiger partial charge >= 0.3 is 23.9 Å². The number of hydrogen-bond donors (Lipinski definition) is 0. The second-order valence-electron chi connectivity index (χ2n) is 7.51. The third-order valence-electron chi connectivity index (χ3n) is 4.75. The molecule has 0 radical (unpaired) electrons. The molecule has 196 valence electrons. The molecule has 0 amide bonds. The molecule has 0 fully saturated rings. The summed E-state index contributed by atoms with van der Waals surface area (Å²) in [6.45, 7) is 8.75. The summed E-state index contributed by atoms with van der Waals surface area (Å²) >= 11 is 0. The molecule has 0 atom stereocenters. The summed E-state index contributed by atoms with van der Waals surface area (Å²) in [5, 5.41) is 0. The molecule has 0 aliphatic rings. The minimum absolute atomic E-state index is 0.239. The molecule has 0 bridgehead atoms. The largest absolute Gasteiger partial charge is 0.462 e. The van der Waals surface area contributed by atoms with Gasteiger partial charge in [-0.05, 0) is 51.0 Å². The molecule has 8 nitrogen and oxygen atoms in total. The number of esters is 4. The summed E-state index contributed by atoms with van der Waals surface area (Å²) in [5.74, 6) is -1.96. The fraction of sp³-hybridized carbons (Fsp3) is 0.429. The zero-order valence-electron chi connectivity index (χ0n) is 21.5. The van der Waals surface area contributed by atoms with E-state index in [4.69, 9.17) is 18.9 Å². The fourth-order valence-electron chi connectivity index (χ4n) is 2.87. The van der Waals surface area contributed by atoms with Gasteiger partial charge in [-0.25, -0.2) is 19.2 Å². The summed E-state index contributed by atoms with van der Waals surface area (Å²) in [5.41, 5.74) is 1.01. The first-order chi connectivity index (χ1) is 17.4. The summed E-state index contributed by atoms with van der Waals surface area (Å²) in [6, 6.07) is 13.0. The van der Waals surface area contributed by atoms with Crippen LogP contribution in [-0.2, 0) is 18.9 Å². The Bertz CT molecular complexity index is 905. The highest BCUT2D eigenvalue weighted by Gasteiger charge is 2.19. The molecule has 0 aliphatic carbocycles. The molecule has 0 aromatic heterocycles. The van der Waals surface area contributed by atoms with Gasteiger partial charge in [-0.2, -0.15) is 0 Å². The maximum atomic E-state index is 11.9. The molecular formula is C28H36O8. The highest BCUT2D eigenvalue weighted by molar-refractivity contribution is 6.03. The smallest absolute Gasteiger partial charge is 0.339 e. The van der Waals surface area contributed by atoms with Gasteiger partial charge < -0.3 is 18.9 Å². The van der Waals surface area contributed by atoms with Crippen LogP contribution in [0.4, 0.5) is 0 Å². The van der Waals surface area contributed by atoms with Crippen molar-refractivity contribution in [2.24, 2.45) is 0 Å². The second kappa shape index (κ2) is 17.7. The van der Waals surface area contributed by atoms with Gasteiger partial charge in [0.25, 0.3) is 0 Å². The normalized spacial score (nSPS) is 9.89. The molecule has 0 saturated carbocycles. The maximum Gasteiger partial charge on any atom is 0.339 e. The molecule has 0 aliphatic heterocycles. The van der Waals surface area contributed by atoms with E-state index in [1.165, 1.54) is 0 Å². The van der Waals surface area contributed by atoms with E-state index in [-0.39, 0.29) is 35.5 Å². The monoisotopic (exact) mass is 500 g/mol. The lowest BCUT2D eigenvalue weighted by Crippen LogP contribution is -2.14. The Labute approximate surface area is 212 Å². The van der Waals surface area contributed by atoms with Gasteiger partial charge in [0.1, 0.15) is 0 Å². The standard InChI is InChI=1S/C16H22O4.C12H14O4/c1-3-5-11-19-15(17)13-9-7-8-10-14(13)16(18)20-12-6-4-2;1-3-15-11(13)9-7-5-6-8-10(9)12(14)16-4-2/h7-10H,3-6,11-12H2,1-2H3;5-8H,3-4H2,1-2H3. The number of unbranched alkanes of at least 4 members (excludes halogenated alkanes) is 2. The van der Waals surface area contributed by atoms with Gasteiger partial charge in [-0.1, -0.05) is 51.0 Å². The van der Waals surface area contributed by atoms with Crippen molar-refractivity contribution in [2.45, 2.75) is 53.4 Å². The Balaban J connectivity index is 0.000000369. The van der Waals surface area contributed by atoms with Gasteiger partial charge in [0.15, 0.2) is 0 Å². The van der Waals surface area contributed by atoms with Crippen LogP contribution in [0.3, 0.4) is 0 Å². The summed E-state index contributed by atoms with van der Waals surface area (Å²) in [7, 11) is 0. The Morgan fingerprint density at radius 2 is 0.778 bits per heavy atom. The highest BCUT2D eigenvalue weighted by atomic mass is 16.5. The number of carbonyl (C=O) groups is 4. The first-order valence-electron chi connectivity index (χ1n) is 12.3. The Morgan fingerprint density at radius 1 is 0.500 bits per heavy atom. The van der Waals surface area contributed by atoms with Crippen molar-refractivity contribution in [2.75, 3.05) is 26.4 Å². The van der Waals surface area contributed by atoms with E-state index >= 15 is 0 Å². The van der Waals surface area contributed by atoms with Crippen LogP contribution in [0.5, 0.6) is 0 Å². The van der Waals surface area contributed by atoms with Gasteiger partial charge in [-0.15, -0.1) is 0 Å². The lowest BCUT2D eigenvalue weighted by Gasteiger charge is -2.09. The molecule has 0 saturated heterocycles. The average Bonchev–Trinajstić information content (AvgIpc) is 2.89. The Hall–Kier alpha value is -3.68. The van der Waals surface area contributed by atoms with E-state index < -0.39 is 23.9 Å². The fourth-order valence-corrected chi connectivity index (χ4v) is 2.87. The van der Waals surface area contributed by atoms with Crippen LogP contribution in [0.25, 0.3) is 0 Å².